The highest BCUT2D eigenvalue weighted by Gasteiger charge is 2.49. The number of allylic oxidation sites excluding steroid dienone is 3. The van der Waals surface area contributed by atoms with Crippen LogP contribution in [0.4, 0.5) is 16.0 Å². The number of aromatic nitrogens is 2. The van der Waals surface area contributed by atoms with Crippen molar-refractivity contribution in [3.05, 3.63) is 34.9 Å². The van der Waals surface area contributed by atoms with Gasteiger partial charge in [-0.2, -0.15) is 0 Å². The van der Waals surface area contributed by atoms with Crippen LogP contribution in [0.15, 0.2) is 29.4 Å². The fourth-order valence-corrected chi connectivity index (χ4v) is 4.36. The number of nitrogens with zero attached hydrogens (tertiary/aromatic N) is 4. The Bertz CT molecular complexity index is 960. The molecule has 0 aromatic carbocycles. The number of carbonyl (C=O) groups excluding carboxylic acids is 2. The number of amides is 2. The van der Waals surface area contributed by atoms with Crippen molar-refractivity contribution in [2.45, 2.75) is 58.8 Å². The third-order valence-electron chi connectivity index (χ3n) is 5.90. The molecule has 2 amide bonds. The standard InChI is InChI=1S/C22H32FN7O2/c1-14(10-15(2)27-19-16(3)18(24)25-12-26-19)17-20(32)28-22(30(17)13-31)6-8-29(9-7-22)11-21(4,5)23/h10,12-13H,6-9,11H2,1-5H3,(H,28,32)(H3,24,25,26,27)/b15-10+,17-14-. The Morgan fingerprint density at radius 3 is 2.59 bits per heavy atom. The van der Waals surface area contributed by atoms with Crippen molar-refractivity contribution in [2.75, 3.05) is 30.7 Å². The van der Waals surface area contributed by atoms with Crippen LogP contribution in [0.5, 0.6) is 0 Å². The number of rotatable bonds is 6. The molecule has 1 spiro atoms. The fraction of sp³-hybridized carbons (Fsp3) is 0.545. The molecule has 10 heteroatoms. The highest BCUT2D eigenvalue weighted by molar-refractivity contribution is 5.99. The van der Waals surface area contributed by atoms with Crippen molar-refractivity contribution >= 4 is 24.0 Å². The van der Waals surface area contributed by atoms with E-state index in [-0.39, 0.29) is 5.91 Å². The molecule has 0 atom stereocenters. The van der Waals surface area contributed by atoms with E-state index >= 15 is 0 Å². The molecule has 174 valence electrons. The summed E-state index contributed by atoms with van der Waals surface area (Å²) in [5.41, 5.74) is 6.18. The average Bonchev–Trinajstić information content (AvgIpc) is 2.97. The predicted molar refractivity (Wildman–Crippen MR) is 121 cm³/mol. The van der Waals surface area contributed by atoms with Gasteiger partial charge in [-0.1, -0.05) is 0 Å². The number of anilines is 2. The summed E-state index contributed by atoms with van der Waals surface area (Å²) in [6, 6.07) is 0. The Hall–Kier alpha value is -3.01. The van der Waals surface area contributed by atoms with Crippen molar-refractivity contribution in [3.8, 4) is 0 Å². The lowest BCUT2D eigenvalue weighted by Crippen LogP contribution is -2.58. The van der Waals surface area contributed by atoms with Gasteiger partial charge in [0, 0.05) is 43.7 Å². The molecule has 32 heavy (non-hydrogen) atoms. The SMILES string of the molecule is CC(/C=C(\C)Nc1ncnc(N)c1C)=C1\C(=O)NC2(CCN(CC(C)(C)F)CC2)N1C=O. The Kier molecular flexibility index (Phi) is 6.54. The number of hydrogen-bond acceptors (Lipinski definition) is 7. The molecule has 0 bridgehead atoms. The van der Waals surface area contributed by atoms with Crippen LogP contribution in [-0.2, 0) is 9.59 Å². The first-order valence-electron chi connectivity index (χ1n) is 10.7. The maximum atomic E-state index is 14.0. The minimum atomic E-state index is -1.29. The number of halogens is 1. The van der Waals surface area contributed by atoms with Gasteiger partial charge in [0.2, 0.25) is 6.41 Å². The molecule has 4 N–H and O–H groups in total. The zero-order valence-corrected chi connectivity index (χ0v) is 19.3. The summed E-state index contributed by atoms with van der Waals surface area (Å²) in [4.78, 5) is 36.6. The van der Waals surface area contributed by atoms with Crippen molar-refractivity contribution < 1.29 is 14.0 Å². The lowest BCUT2D eigenvalue weighted by molar-refractivity contribution is -0.122. The van der Waals surface area contributed by atoms with E-state index in [1.54, 1.807) is 26.8 Å². The van der Waals surface area contributed by atoms with Crippen LogP contribution in [0.1, 0.15) is 46.1 Å². The van der Waals surface area contributed by atoms with Crippen LogP contribution in [0.25, 0.3) is 0 Å². The lowest BCUT2D eigenvalue weighted by Gasteiger charge is -2.43. The van der Waals surface area contributed by atoms with E-state index in [4.69, 9.17) is 5.73 Å². The van der Waals surface area contributed by atoms with Gasteiger partial charge in [0.05, 0.1) is 0 Å². The largest absolute Gasteiger partial charge is 0.383 e. The second-order valence-electron chi connectivity index (χ2n) is 9.17. The van der Waals surface area contributed by atoms with E-state index in [2.05, 4.69) is 20.6 Å². The van der Waals surface area contributed by atoms with Gasteiger partial charge < -0.3 is 16.4 Å². The monoisotopic (exact) mass is 445 g/mol. The van der Waals surface area contributed by atoms with Gasteiger partial charge in [-0.15, -0.1) is 0 Å². The van der Waals surface area contributed by atoms with E-state index in [0.717, 1.165) is 11.3 Å². The summed E-state index contributed by atoms with van der Waals surface area (Å²) in [5.74, 6) is 0.671. The molecule has 1 aromatic rings. The number of likely N-dealkylation sites (tertiary alicyclic amines) is 1. The number of piperidine rings is 1. The molecule has 3 rings (SSSR count). The summed E-state index contributed by atoms with van der Waals surface area (Å²) in [6.45, 7) is 10.1. The fourth-order valence-electron chi connectivity index (χ4n) is 4.36. The second kappa shape index (κ2) is 8.85. The van der Waals surface area contributed by atoms with Gasteiger partial charge in [0.1, 0.15) is 35.0 Å². The summed E-state index contributed by atoms with van der Waals surface area (Å²) in [7, 11) is 0. The molecule has 2 aliphatic heterocycles. The number of alkyl halides is 1. The summed E-state index contributed by atoms with van der Waals surface area (Å²) in [5, 5.41) is 6.18. The molecule has 1 aromatic heterocycles. The van der Waals surface area contributed by atoms with E-state index in [1.165, 1.54) is 11.2 Å². The first kappa shape index (κ1) is 23.6. The Labute approximate surface area is 187 Å². The Balaban J connectivity index is 1.81. The van der Waals surface area contributed by atoms with Gasteiger partial charge in [0.25, 0.3) is 5.91 Å². The molecular weight excluding hydrogens is 413 g/mol. The number of nitrogens with two attached hydrogens (primary N) is 1. The third kappa shape index (κ3) is 4.90. The van der Waals surface area contributed by atoms with Crippen LogP contribution in [0, 0.1) is 6.92 Å². The molecular formula is C22H32FN7O2. The number of carbonyl (C=O) groups is 2. The Morgan fingerprint density at radius 1 is 1.34 bits per heavy atom. The normalized spacial score (nSPS) is 21.0. The maximum absolute atomic E-state index is 14.0. The molecule has 0 aliphatic carbocycles. The van der Waals surface area contributed by atoms with E-state index in [9.17, 15) is 14.0 Å². The first-order chi connectivity index (χ1) is 15.0. The molecule has 0 radical (unpaired) electrons. The topological polar surface area (TPSA) is 116 Å². The van der Waals surface area contributed by atoms with Gasteiger partial charge in [-0.25, -0.2) is 14.4 Å². The van der Waals surface area contributed by atoms with Gasteiger partial charge >= 0.3 is 0 Å². The van der Waals surface area contributed by atoms with E-state index in [0.29, 0.717) is 61.8 Å². The minimum absolute atomic E-state index is 0.291. The van der Waals surface area contributed by atoms with E-state index < -0.39 is 11.3 Å². The average molecular weight is 446 g/mol. The minimum Gasteiger partial charge on any atom is -0.383 e. The molecule has 3 heterocycles. The summed E-state index contributed by atoms with van der Waals surface area (Å²) >= 11 is 0. The Morgan fingerprint density at radius 2 is 2.00 bits per heavy atom. The number of hydrogen-bond donors (Lipinski definition) is 3. The maximum Gasteiger partial charge on any atom is 0.270 e. The van der Waals surface area contributed by atoms with E-state index in [1.807, 2.05) is 18.7 Å². The van der Waals surface area contributed by atoms with Gasteiger partial charge in [-0.05, 0) is 46.3 Å². The van der Waals surface area contributed by atoms with Crippen LogP contribution in [0.2, 0.25) is 0 Å². The number of nitrogens with one attached hydrogen (secondary N) is 2. The molecule has 9 nitrogen and oxygen atoms in total. The molecule has 0 saturated carbocycles. The lowest BCUT2D eigenvalue weighted by atomic mass is 9.95. The summed E-state index contributed by atoms with van der Waals surface area (Å²) in [6.07, 6.45) is 4.94. The highest BCUT2D eigenvalue weighted by Crippen LogP contribution is 2.35. The molecule has 2 fully saturated rings. The van der Waals surface area contributed by atoms with Crippen LogP contribution in [0.3, 0.4) is 0 Å². The second-order valence-corrected chi connectivity index (χ2v) is 9.17. The highest BCUT2D eigenvalue weighted by atomic mass is 19.1. The molecule has 0 unspecified atom stereocenters. The zero-order valence-electron chi connectivity index (χ0n) is 19.3. The smallest absolute Gasteiger partial charge is 0.270 e. The van der Waals surface area contributed by atoms with Crippen molar-refractivity contribution in [1.29, 1.82) is 0 Å². The molecule has 2 saturated heterocycles. The van der Waals surface area contributed by atoms with Crippen LogP contribution >= 0.6 is 0 Å². The predicted octanol–water partition coefficient (Wildman–Crippen LogP) is 2.09. The molecule has 2 aliphatic rings. The quantitative estimate of drug-likeness (QED) is 0.453. The zero-order chi connectivity index (χ0) is 23.7. The van der Waals surface area contributed by atoms with Crippen LogP contribution in [-0.4, -0.2) is 63.1 Å². The van der Waals surface area contributed by atoms with Crippen molar-refractivity contribution in [3.63, 3.8) is 0 Å². The number of nitrogen functional groups attached to an aromatic ring is 1. The third-order valence-corrected chi connectivity index (χ3v) is 5.90. The van der Waals surface area contributed by atoms with Gasteiger partial charge in [-0.3, -0.25) is 19.4 Å². The summed E-state index contributed by atoms with van der Waals surface area (Å²) < 4.78 is 14.0. The first-order valence-corrected chi connectivity index (χ1v) is 10.7. The van der Waals surface area contributed by atoms with Crippen molar-refractivity contribution in [1.82, 2.24) is 25.1 Å². The van der Waals surface area contributed by atoms with Crippen molar-refractivity contribution in [2.24, 2.45) is 0 Å². The van der Waals surface area contributed by atoms with Crippen LogP contribution < -0.4 is 16.4 Å². The van der Waals surface area contributed by atoms with Gasteiger partial charge in [0.15, 0.2) is 0 Å².